The molecule has 0 aromatic heterocycles. The first-order chi connectivity index (χ1) is 9.13. The van der Waals surface area contributed by atoms with Gasteiger partial charge in [-0.3, -0.25) is 9.59 Å². The van der Waals surface area contributed by atoms with E-state index in [-0.39, 0.29) is 17.4 Å². The fourth-order valence-electron chi connectivity index (χ4n) is 1.43. The molecule has 1 aromatic carbocycles. The third kappa shape index (κ3) is 6.20. The fourth-order valence-corrected chi connectivity index (χ4v) is 1.56. The minimum Gasteiger partial charge on any atom is -0.354 e. The number of benzene rings is 1. The molecule has 1 aromatic rings. The van der Waals surface area contributed by atoms with Gasteiger partial charge in [0, 0.05) is 31.0 Å². The van der Waals surface area contributed by atoms with E-state index in [4.69, 9.17) is 11.6 Å². The first kappa shape index (κ1) is 15.4. The van der Waals surface area contributed by atoms with Gasteiger partial charge in [-0.1, -0.05) is 6.07 Å². The standard InChI is InChI=1S/C13H16ClFN2O2/c14-6-2-5-12(18)16-7-8-17-13(19)10-3-1-4-11(15)9-10/h1,3-4,9H,2,5-8H2,(H,16,18)(H,17,19). The number of carbonyl (C=O) groups excluding carboxylic acids is 2. The lowest BCUT2D eigenvalue weighted by Gasteiger charge is -2.07. The number of rotatable bonds is 7. The first-order valence-electron chi connectivity index (χ1n) is 6.00. The topological polar surface area (TPSA) is 58.2 Å². The SMILES string of the molecule is O=C(CCCCl)NCCNC(=O)c1cccc(F)c1. The van der Waals surface area contributed by atoms with Crippen LogP contribution in [0.5, 0.6) is 0 Å². The first-order valence-corrected chi connectivity index (χ1v) is 6.53. The van der Waals surface area contributed by atoms with Crippen molar-refractivity contribution in [1.82, 2.24) is 10.6 Å². The maximum atomic E-state index is 12.9. The van der Waals surface area contributed by atoms with Gasteiger partial charge in [0.1, 0.15) is 5.82 Å². The summed E-state index contributed by atoms with van der Waals surface area (Å²) in [6.07, 6.45) is 1.00. The van der Waals surface area contributed by atoms with Crippen LogP contribution >= 0.6 is 11.6 Å². The van der Waals surface area contributed by atoms with Crippen molar-refractivity contribution in [3.63, 3.8) is 0 Å². The normalized spacial score (nSPS) is 10.0. The number of amides is 2. The largest absolute Gasteiger partial charge is 0.354 e. The molecular weight excluding hydrogens is 271 g/mol. The Kier molecular flexibility index (Phi) is 6.89. The van der Waals surface area contributed by atoms with Crippen LogP contribution in [0.1, 0.15) is 23.2 Å². The number of alkyl halides is 1. The van der Waals surface area contributed by atoms with E-state index in [1.54, 1.807) is 0 Å². The average molecular weight is 287 g/mol. The molecule has 19 heavy (non-hydrogen) atoms. The number of nitrogens with one attached hydrogen (secondary N) is 2. The van der Waals surface area contributed by atoms with Gasteiger partial charge in [-0.15, -0.1) is 11.6 Å². The summed E-state index contributed by atoms with van der Waals surface area (Å²) in [5, 5.41) is 5.24. The molecule has 0 aliphatic heterocycles. The number of hydrogen-bond acceptors (Lipinski definition) is 2. The molecule has 1 rings (SSSR count). The van der Waals surface area contributed by atoms with Crippen LogP contribution in [0.4, 0.5) is 4.39 Å². The summed E-state index contributed by atoms with van der Waals surface area (Å²) < 4.78 is 12.9. The van der Waals surface area contributed by atoms with E-state index in [1.807, 2.05) is 0 Å². The zero-order valence-corrected chi connectivity index (χ0v) is 11.2. The molecule has 0 saturated carbocycles. The predicted octanol–water partition coefficient (Wildman–Crippen LogP) is 1.69. The van der Waals surface area contributed by atoms with E-state index in [2.05, 4.69) is 10.6 Å². The maximum Gasteiger partial charge on any atom is 0.251 e. The molecule has 0 unspecified atom stereocenters. The molecular formula is C13H16ClFN2O2. The highest BCUT2D eigenvalue weighted by Gasteiger charge is 2.05. The second-order valence-electron chi connectivity index (χ2n) is 3.91. The molecule has 0 heterocycles. The van der Waals surface area contributed by atoms with Crippen molar-refractivity contribution >= 4 is 23.4 Å². The lowest BCUT2D eigenvalue weighted by atomic mass is 10.2. The van der Waals surface area contributed by atoms with Gasteiger partial charge in [-0.25, -0.2) is 4.39 Å². The van der Waals surface area contributed by atoms with Crippen molar-refractivity contribution in [2.24, 2.45) is 0 Å². The van der Waals surface area contributed by atoms with E-state index >= 15 is 0 Å². The van der Waals surface area contributed by atoms with Crippen molar-refractivity contribution in [3.05, 3.63) is 35.6 Å². The fraction of sp³-hybridized carbons (Fsp3) is 0.385. The van der Waals surface area contributed by atoms with Crippen molar-refractivity contribution in [1.29, 1.82) is 0 Å². The maximum absolute atomic E-state index is 12.9. The zero-order chi connectivity index (χ0) is 14.1. The van der Waals surface area contributed by atoms with E-state index < -0.39 is 5.82 Å². The van der Waals surface area contributed by atoms with Crippen LogP contribution in [-0.4, -0.2) is 30.8 Å². The molecule has 2 N–H and O–H groups in total. The second kappa shape index (κ2) is 8.48. The Balaban J connectivity index is 2.22. The average Bonchev–Trinajstić information content (AvgIpc) is 2.41. The van der Waals surface area contributed by atoms with Crippen LogP contribution in [-0.2, 0) is 4.79 Å². The van der Waals surface area contributed by atoms with Gasteiger partial charge in [0.05, 0.1) is 0 Å². The molecule has 0 aliphatic carbocycles. The lowest BCUT2D eigenvalue weighted by molar-refractivity contribution is -0.121. The Morgan fingerprint density at radius 2 is 1.95 bits per heavy atom. The van der Waals surface area contributed by atoms with Crippen LogP contribution in [0.3, 0.4) is 0 Å². The van der Waals surface area contributed by atoms with Crippen LogP contribution in [0.2, 0.25) is 0 Å². The van der Waals surface area contributed by atoms with Gasteiger partial charge in [-0.2, -0.15) is 0 Å². The van der Waals surface area contributed by atoms with Crippen molar-refractivity contribution in [3.8, 4) is 0 Å². The lowest BCUT2D eigenvalue weighted by Crippen LogP contribution is -2.34. The smallest absolute Gasteiger partial charge is 0.251 e. The van der Waals surface area contributed by atoms with Crippen molar-refractivity contribution in [2.75, 3.05) is 19.0 Å². The molecule has 0 radical (unpaired) electrons. The molecule has 0 aliphatic rings. The molecule has 0 spiro atoms. The van der Waals surface area contributed by atoms with Crippen LogP contribution in [0, 0.1) is 5.82 Å². The Labute approximate surface area is 116 Å². The summed E-state index contributed by atoms with van der Waals surface area (Å²) in [6, 6.07) is 5.43. The second-order valence-corrected chi connectivity index (χ2v) is 4.29. The summed E-state index contributed by atoms with van der Waals surface area (Å²) in [5.41, 5.74) is 0.258. The quantitative estimate of drug-likeness (QED) is 0.592. The summed E-state index contributed by atoms with van der Waals surface area (Å²) >= 11 is 5.46. The molecule has 6 heteroatoms. The van der Waals surface area contributed by atoms with Crippen molar-refractivity contribution < 1.29 is 14.0 Å². The zero-order valence-electron chi connectivity index (χ0n) is 10.4. The Morgan fingerprint density at radius 1 is 1.21 bits per heavy atom. The number of halogens is 2. The highest BCUT2D eigenvalue weighted by molar-refractivity contribution is 6.17. The summed E-state index contributed by atoms with van der Waals surface area (Å²) in [5.74, 6) is -0.471. The minimum atomic E-state index is -0.456. The third-order valence-electron chi connectivity index (χ3n) is 2.36. The number of carbonyl (C=O) groups is 2. The Bertz CT molecular complexity index is 440. The monoisotopic (exact) mass is 286 g/mol. The van der Waals surface area contributed by atoms with E-state index in [9.17, 15) is 14.0 Å². The summed E-state index contributed by atoms with van der Waals surface area (Å²) in [7, 11) is 0. The molecule has 4 nitrogen and oxygen atoms in total. The molecule has 0 saturated heterocycles. The van der Waals surface area contributed by atoms with Gasteiger partial charge in [0.15, 0.2) is 0 Å². The van der Waals surface area contributed by atoms with Crippen LogP contribution in [0.25, 0.3) is 0 Å². The van der Waals surface area contributed by atoms with Gasteiger partial charge in [0.25, 0.3) is 5.91 Å². The van der Waals surface area contributed by atoms with Crippen LogP contribution in [0.15, 0.2) is 24.3 Å². The molecule has 0 fully saturated rings. The van der Waals surface area contributed by atoms with E-state index in [0.717, 1.165) is 6.07 Å². The predicted molar refractivity (Wildman–Crippen MR) is 71.7 cm³/mol. The Hall–Kier alpha value is -1.62. The third-order valence-corrected chi connectivity index (χ3v) is 2.62. The van der Waals surface area contributed by atoms with Gasteiger partial charge >= 0.3 is 0 Å². The summed E-state index contributed by atoms with van der Waals surface area (Å²) in [4.78, 5) is 22.8. The van der Waals surface area contributed by atoms with Gasteiger partial charge < -0.3 is 10.6 Å². The molecule has 2 amide bonds. The van der Waals surface area contributed by atoms with E-state index in [0.29, 0.717) is 31.8 Å². The molecule has 104 valence electrons. The highest BCUT2D eigenvalue weighted by Crippen LogP contribution is 2.02. The summed E-state index contributed by atoms with van der Waals surface area (Å²) in [6.45, 7) is 0.629. The molecule has 0 atom stereocenters. The van der Waals surface area contributed by atoms with Gasteiger partial charge in [-0.05, 0) is 24.6 Å². The van der Waals surface area contributed by atoms with Crippen LogP contribution < -0.4 is 10.6 Å². The number of hydrogen-bond donors (Lipinski definition) is 2. The highest BCUT2D eigenvalue weighted by atomic mass is 35.5. The van der Waals surface area contributed by atoms with Gasteiger partial charge in [0.2, 0.25) is 5.91 Å². The van der Waals surface area contributed by atoms with E-state index in [1.165, 1.54) is 18.2 Å². The van der Waals surface area contributed by atoms with Crippen molar-refractivity contribution in [2.45, 2.75) is 12.8 Å². The molecule has 0 bridgehead atoms. The Morgan fingerprint density at radius 3 is 2.63 bits per heavy atom. The minimum absolute atomic E-state index is 0.0966.